The van der Waals surface area contributed by atoms with Crippen molar-refractivity contribution in [3.05, 3.63) is 11.6 Å². The summed E-state index contributed by atoms with van der Waals surface area (Å²) in [6.45, 7) is 5.21. The first-order chi connectivity index (χ1) is 7.80. The normalized spacial score (nSPS) is 11.2. The number of carbonyl (C=O) groups excluding carboxylic acids is 1. The number of aromatic nitrogens is 3. The highest BCUT2D eigenvalue weighted by atomic mass is 16.4. The Morgan fingerprint density at radius 1 is 1.47 bits per heavy atom. The summed E-state index contributed by atoms with van der Waals surface area (Å²) in [6, 6.07) is 0. The monoisotopic (exact) mass is 240 g/mol. The number of carboxylic acids is 1. The molecule has 0 fully saturated rings. The molecule has 0 aromatic carbocycles. The van der Waals surface area contributed by atoms with E-state index >= 15 is 0 Å². The molecular weight excluding hydrogens is 224 g/mol. The molecule has 0 spiro atoms. The van der Waals surface area contributed by atoms with Gasteiger partial charge in [-0.25, -0.2) is 4.98 Å². The standard InChI is InChI=1S/C10H16N4O3/c1-6-11-8(14-13-6)9(17)12-10(2,3)5-4-7(15)16/h4-5H2,1-3H3,(H,12,17)(H,15,16)(H,11,13,14). The van der Waals surface area contributed by atoms with Crippen LogP contribution in [0.25, 0.3) is 0 Å². The van der Waals surface area contributed by atoms with Crippen LogP contribution in [0.3, 0.4) is 0 Å². The predicted octanol–water partition coefficient (Wildman–Crippen LogP) is 0.486. The summed E-state index contributed by atoms with van der Waals surface area (Å²) >= 11 is 0. The van der Waals surface area contributed by atoms with E-state index in [1.807, 2.05) is 0 Å². The lowest BCUT2D eigenvalue weighted by Gasteiger charge is -2.24. The number of amides is 1. The molecule has 1 aromatic rings. The van der Waals surface area contributed by atoms with Crippen LogP contribution in [-0.4, -0.2) is 37.7 Å². The zero-order valence-electron chi connectivity index (χ0n) is 10.1. The minimum Gasteiger partial charge on any atom is -0.481 e. The van der Waals surface area contributed by atoms with Crippen LogP contribution in [0, 0.1) is 6.92 Å². The van der Waals surface area contributed by atoms with Gasteiger partial charge in [-0.1, -0.05) is 0 Å². The lowest BCUT2D eigenvalue weighted by atomic mass is 9.98. The maximum absolute atomic E-state index is 11.7. The van der Waals surface area contributed by atoms with E-state index in [0.29, 0.717) is 12.2 Å². The van der Waals surface area contributed by atoms with Crippen LogP contribution in [-0.2, 0) is 4.79 Å². The first-order valence-corrected chi connectivity index (χ1v) is 5.23. The van der Waals surface area contributed by atoms with Gasteiger partial charge in [0.05, 0.1) is 0 Å². The quantitative estimate of drug-likeness (QED) is 0.694. The van der Waals surface area contributed by atoms with E-state index in [4.69, 9.17) is 5.11 Å². The molecule has 1 amide bonds. The number of hydrogen-bond acceptors (Lipinski definition) is 4. The van der Waals surface area contributed by atoms with Crippen molar-refractivity contribution in [3.63, 3.8) is 0 Å². The predicted molar refractivity (Wildman–Crippen MR) is 59.5 cm³/mol. The molecule has 0 radical (unpaired) electrons. The van der Waals surface area contributed by atoms with Gasteiger partial charge >= 0.3 is 5.97 Å². The summed E-state index contributed by atoms with van der Waals surface area (Å²) < 4.78 is 0. The first kappa shape index (κ1) is 13.1. The highest BCUT2D eigenvalue weighted by molar-refractivity contribution is 5.90. The summed E-state index contributed by atoms with van der Waals surface area (Å²) in [6.07, 6.45) is 0.345. The van der Waals surface area contributed by atoms with Gasteiger partial charge in [0.25, 0.3) is 5.91 Å². The molecule has 0 saturated heterocycles. The van der Waals surface area contributed by atoms with Gasteiger partial charge in [-0.15, -0.1) is 5.10 Å². The highest BCUT2D eigenvalue weighted by Gasteiger charge is 2.23. The second kappa shape index (κ2) is 4.94. The molecule has 94 valence electrons. The molecule has 7 heteroatoms. The smallest absolute Gasteiger partial charge is 0.303 e. The van der Waals surface area contributed by atoms with Gasteiger partial charge in [0.2, 0.25) is 5.82 Å². The van der Waals surface area contributed by atoms with Gasteiger partial charge in [-0.05, 0) is 27.2 Å². The number of nitrogens with zero attached hydrogens (tertiary/aromatic N) is 2. The van der Waals surface area contributed by atoms with Crippen LogP contribution in [0.5, 0.6) is 0 Å². The van der Waals surface area contributed by atoms with Crippen molar-refractivity contribution in [2.45, 2.75) is 39.2 Å². The Bertz CT molecular complexity index is 425. The van der Waals surface area contributed by atoms with Crippen molar-refractivity contribution in [3.8, 4) is 0 Å². The van der Waals surface area contributed by atoms with Crippen LogP contribution < -0.4 is 5.32 Å². The van der Waals surface area contributed by atoms with E-state index < -0.39 is 17.4 Å². The summed E-state index contributed by atoms with van der Waals surface area (Å²) in [5.41, 5.74) is -0.607. The van der Waals surface area contributed by atoms with Crippen LogP contribution in [0.15, 0.2) is 0 Å². The minimum absolute atomic E-state index is 0.000299. The molecule has 1 rings (SSSR count). The van der Waals surface area contributed by atoms with Crippen LogP contribution in [0.1, 0.15) is 43.1 Å². The van der Waals surface area contributed by atoms with Crippen molar-refractivity contribution in [1.82, 2.24) is 20.5 Å². The number of rotatable bonds is 5. The van der Waals surface area contributed by atoms with E-state index in [1.165, 1.54) is 0 Å². The highest BCUT2D eigenvalue weighted by Crippen LogP contribution is 2.11. The van der Waals surface area contributed by atoms with Crippen LogP contribution in [0.2, 0.25) is 0 Å². The number of aryl methyl sites for hydroxylation is 1. The zero-order chi connectivity index (χ0) is 13.1. The van der Waals surface area contributed by atoms with Gasteiger partial charge in [0, 0.05) is 12.0 Å². The van der Waals surface area contributed by atoms with Gasteiger partial charge in [0.1, 0.15) is 5.82 Å². The van der Waals surface area contributed by atoms with E-state index in [9.17, 15) is 9.59 Å². The lowest BCUT2D eigenvalue weighted by molar-refractivity contribution is -0.137. The third-order valence-corrected chi connectivity index (χ3v) is 2.22. The Morgan fingerprint density at radius 3 is 2.59 bits per heavy atom. The van der Waals surface area contributed by atoms with E-state index in [2.05, 4.69) is 20.5 Å². The fourth-order valence-corrected chi connectivity index (χ4v) is 1.29. The summed E-state index contributed by atoms with van der Waals surface area (Å²) in [5, 5.41) is 17.6. The average Bonchev–Trinajstić information content (AvgIpc) is 2.61. The van der Waals surface area contributed by atoms with E-state index in [-0.39, 0.29) is 12.2 Å². The first-order valence-electron chi connectivity index (χ1n) is 5.23. The van der Waals surface area contributed by atoms with E-state index in [0.717, 1.165) is 0 Å². The maximum Gasteiger partial charge on any atom is 0.303 e. The van der Waals surface area contributed by atoms with E-state index in [1.54, 1.807) is 20.8 Å². The molecule has 0 aliphatic carbocycles. The molecule has 0 unspecified atom stereocenters. The van der Waals surface area contributed by atoms with Crippen molar-refractivity contribution in [2.24, 2.45) is 0 Å². The third kappa shape index (κ3) is 4.21. The Morgan fingerprint density at radius 2 is 2.12 bits per heavy atom. The van der Waals surface area contributed by atoms with Crippen molar-refractivity contribution < 1.29 is 14.7 Å². The molecule has 1 heterocycles. The molecule has 0 aliphatic rings. The second-order valence-electron chi connectivity index (χ2n) is 4.48. The van der Waals surface area contributed by atoms with Gasteiger partial charge < -0.3 is 10.4 Å². The van der Waals surface area contributed by atoms with Gasteiger partial charge in [-0.3, -0.25) is 14.7 Å². The number of hydrogen-bond donors (Lipinski definition) is 3. The zero-order valence-corrected chi connectivity index (χ0v) is 10.1. The molecule has 3 N–H and O–H groups in total. The topological polar surface area (TPSA) is 108 Å². The Labute approximate surface area is 98.6 Å². The van der Waals surface area contributed by atoms with Crippen LogP contribution >= 0.6 is 0 Å². The van der Waals surface area contributed by atoms with Gasteiger partial charge in [-0.2, -0.15) is 0 Å². The fraction of sp³-hybridized carbons (Fsp3) is 0.600. The molecule has 0 atom stereocenters. The molecule has 0 aliphatic heterocycles. The van der Waals surface area contributed by atoms with Crippen LogP contribution in [0.4, 0.5) is 0 Å². The Kier molecular flexibility index (Phi) is 3.82. The molecular formula is C10H16N4O3. The SMILES string of the molecule is Cc1nc(C(=O)NC(C)(C)CCC(=O)O)n[nH]1. The number of nitrogens with one attached hydrogen (secondary N) is 2. The summed E-state index contributed by atoms with van der Waals surface area (Å²) in [5.74, 6) is -0.685. The molecule has 0 bridgehead atoms. The largest absolute Gasteiger partial charge is 0.481 e. The Hall–Kier alpha value is -1.92. The molecule has 7 nitrogen and oxygen atoms in total. The van der Waals surface area contributed by atoms with Crippen molar-refractivity contribution in [2.75, 3.05) is 0 Å². The number of carbonyl (C=O) groups is 2. The van der Waals surface area contributed by atoms with Crippen molar-refractivity contribution in [1.29, 1.82) is 0 Å². The second-order valence-corrected chi connectivity index (χ2v) is 4.48. The van der Waals surface area contributed by atoms with Gasteiger partial charge in [0.15, 0.2) is 0 Å². The lowest BCUT2D eigenvalue weighted by Crippen LogP contribution is -2.44. The third-order valence-electron chi connectivity index (χ3n) is 2.22. The average molecular weight is 240 g/mol. The molecule has 17 heavy (non-hydrogen) atoms. The minimum atomic E-state index is -0.888. The number of H-pyrrole nitrogens is 1. The fourth-order valence-electron chi connectivity index (χ4n) is 1.29. The number of aliphatic carboxylic acids is 1. The molecule has 0 saturated carbocycles. The molecule has 1 aromatic heterocycles. The number of carboxylic acid groups (broad SMARTS) is 1. The summed E-state index contributed by atoms with van der Waals surface area (Å²) in [7, 11) is 0. The van der Waals surface area contributed by atoms with Crippen molar-refractivity contribution >= 4 is 11.9 Å². The maximum atomic E-state index is 11.7. The number of aromatic amines is 1. The Balaban J connectivity index is 2.58. The summed E-state index contributed by atoms with van der Waals surface area (Å²) in [4.78, 5) is 26.1.